The van der Waals surface area contributed by atoms with E-state index in [0.29, 0.717) is 11.3 Å². The van der Waals surface area contributed by atoms with Crippen LogP contribution in [0.5, 0.6) is 5.75 Å². The molecule has 0 aliphatic carbocycles. The number of benzene rings is 2. The molecule has 2 aromatic rings. The smallest absolute Gasteiger partial charge is 0.406 e. The van der Waals surface area contributed by atoms with Gasteiger partial charge in [-0.15, -0.1) is 13.2 Å². The molecule has 0 aliphatic heterocycles. The lowest BCUT2D eigenvalue weighted by Crippen LogP contribution is -2.17. The maximum atomic E-state index is 13.3. The van der Waals surface area contributed by atoms with Crippen molar-refractivity contribution >= 4 is 17.2 Å². The number of anilines is 2. The molecule has 5 nitrogen and oxygen atoms in total. The molecule has 0 bridgehead atoms. The van der Waals surface area contributed by atoms with Gasteiger partial charge in [-0.2, -0.15) is 5.10 Å². The quantitative estimate of drug-likeness (QED) is 0.265. The van der Waals surface area contributed by atoms with E-state index in [1.165, 1.54) is 24.3 Å². The van der Waals surface area contributed by atoms with Crippen molar-refractivity contribution in [3.63, 3.8) is 0 Å². The van der Waals surface area contributed by atoms with Crippen LogP contribution >= 0.6 is 0 Å². The van der Waals surface area contributed by atoms with Crippen LogP contribution in [0, 0.1) is 5.82 Å². The van der Waals surface area contributed by atoms with Crippen LogP contribution < -0.4 is 21.6 Å². The zero-order valence-corrected chi connectivity index (χ0v) is 11.6. The summed E-state index contributed by atoms with van der Waals surface area (Å²) in [6.07, 6.45) is -4.75. The number of hydrazone groups is 1. The Morgan fingerprint density at radius 2 is 1.74 bits per heavy atom. The summed E-state index contributed by atoms with van der Waals surface area (Å²) >= 11 is 0. The molecule has 0 fully saturated rings. The molecule has 0 heterocycles. The molecule has 0 spiro atoms. The van der Waals surface area contributed by atoms with Crippen LogP contribution in [0.4, 0.5) is 28.9 Å². The predicted octanol–water partition coefficient (Wildman–Crippen LogP) is 3.04. The van der Waals surface area contributed by atoms with Crippen LogP contribution in [0.15, 0.2) is 47.6 Å². The molecule has 0 radical (unpaired) electrons. The first-order chi connectivity index (χ1) is 10.7. The molecule has 122 valence electrons. The van der Waals surface area contributed by atoms with Crippen molar-refractivity contribution < 1.29 is 22.3 Å². The molecule has 0 aromatic heterocycles. The van der Waals surface area contributed by atoms with Crippen molar-refractivity contribution in [1.29, 1.82) is 0 Å². The highest BCUT2D eigenvalue weighted by molar-refractivity contribution is 5.98. The number of ether oxygens (including phenoxy) is 1. The molecule has 0 atom stereocenters. The average Bonchev–Trinajstić information content (AvgIpc) is 2.47. The van der Waals surface area contributed by atoms with Crippen molar-refractivity contribution in [2.24, 2.45) is 10.8 Å². The van der Waals surface area contributed by atoms with E-state index in [1.807, 2.05) is 0 Å². The van der Waals surface area contributed by atoms with E-state index in [2.05, 4.69) is 15.3 Å². The van der Waals surface area contributed by atoms with E-state index in [1.54, 1.807) is 0 Å². The SMILES string of the molecule is N/C(=N\Nc1ccc(OC(F)(F)F)cc1)c1ccc(N)c(F)c1. The van der Waals surface area contributed by atoms with Gasteiger partial charge >= 0.3 is 6.36 Å². The third-order valence-electron chi connectivity index (χ3n) is 2.69. The van der Waals surface area contributed by atoms with E-state index in [-0.39, 0.29) is 17.3 Å². The predicted molar refractivity (Wildman–Crippen MR) is 78.3 cm³/mol. The first kappa shape index (κ1) is 16.4. The molecule has 0 unspecified atom stereocenters. The minimum atomic E-state index is -4.75. The van der Waals surface area contributed by atoms with Gasteiger partial charge in [-0.3, -0.25) is 5.43 Å². The topological polar surface area (TPSA) is 85.7 Å². The summed E-state index contributed by atoms with van der Waals surface area (Å²) in [5.74, 6) is -1.01. The Kier molecular flexibility index (Phi) is 4.58. The zero-order chi connectivity index (χ0) is 17.0. The molecule has 0 saturated heterocycles. The van der Waals surface area contributed by atoms with Gasteiger partial charge in [0, 0.05) is 5.56 Å². The van der Waals surface area contributed by atoms with Crippen molar-refractivity contribution in [1.82, 2.24) is 0 Å². The molecule has 0 aliphatic rings. The molecule has 0 saturated carbocycles. The fraction of sp³-hybridized carbons (Fsp3) is 0.0714. The van der Waals surface area contributed by atoms with Gasteiger partial charge < -0.3 is 16.2 Å². The summed E-state index contributed by atoms with van der Waals surface area (Å²) in [7, 11) is 0. The summed E-state index contributed by atoms with van der Waals surface area (Å²) in [6, 6.07) is 8.82. The summed E-state index contributed by atoms with van der Waals surface area (Å²) in [4.78, 5) is 0. The summed E-state index contributed by atoms with van der Waals surface area (Å²) in [5, 5.41) is 3.81. The van der Waals surface area contributed by atoms with E-state index in [9.17, 15) is 17.6 Å². The minimum absolute atomic E-state index is 0.0143. The normalized spacial score (nSPS) is 12.1. The van der Waals surface area contributed by atoms with Gasteiger partial charge in [0.2, 0.25) is 0 Å². The summed E-state index contributed by atoms with van der Waals surface area (Å²) < 4.78 is 53.1. The number of hydrogen-bond donors (Lipinski definition) is 3. The van der Waals surface area contributed by atoms with Gasteiger partial charge in [0.25, 0.3) is 0 Å². The van der Waals surface area contributed by atoms with Crippen molar-refractivity contribution in [2.75, 3.05) is 11.2 Å². The van der Waals surface area contributed by atoms with Crippen molar-refractivity contribution in [3.05, 3.63) is 53.8 Å². The largest absolute Gasteiger partial charge is 0.573 e. The Labute approximate surface area is 128 Å². The maximum Gasteiger partial charge on any atom is 0.573 e. The number of amidine groups is 1. The lowest BCUT2D eigenvalue weighted by atomic mass is 10.2. The number of nitrogens with two attached hydrogens (primary N) is 2. The molecular formula is C14H12F4N4O. The highest BCUT2D eigenvalue weighted by atomic mass is 19.4. The molecule has 0 amide bonds. The second-order valence-electron chi connectivity index (χ2n) is 4.42. The number of alkyl halides is 3. The number of halogens is 4. The molecule has 2 aromatic carbocycles. The summed E-state index contributed by atoms with van der Waals surface area (Å²) in [6.45, 7) is 0. The molecular weight excluding hydrogens is 316 g/mol. The number of hydrogen-bond acceptors (Lipinski definition) is 4. The Bertz CT molecular complexity index is 714. The highest BCUT2D eigenvalue weighted by Gasteiger charge is 2.30. The fourth-order valence-electron chi connectivity index (χ4n) is 1.61. The molecule has 5 N–H and O–H groups in total. The number of nitrogens with one attached hydrogen (secondary N) is 1. The fourth-order valence-corrected chi connectivity index (χ4v) is 1.61. The van der Waals surface area contributed by atoms with E-state index in [0.717, 1.165) is 18.2 Å². The first-order valence-electron chi connectivity index (χ1n) is 6.25. The monoisotopic (exact) mass is 328 g/mol. The average molecular weight is 328 g/mol. The van der Waals surface area contributed by atoms with Gasteiger partial charge in [0.05, 0.1) is 11.4 Å². The Morgan fingerprint density at radius 1 is 1.09 bits per heavy atom. The first-order valence-corrected chi connectivity index (χ1v) is 6.25. The number of nitrogens with zero attached hydrogens (tertiary/aromatic N) is 1. The zero-order valence-electron chi connectivity index (χ0n) is 11.6. The highest BCUT2D eigenvalue weighted by Crippen LogP contribution is 2.24. The summed E-state index contributed by atoms with van der Waals surface area (Å²) in [5.41, 5.74) is 14.2. The second-order valence-corrected chi connectivity index (χ2v) is 4.42. The van der Waals surface area contributed by atoms with Gasteiger partial charge in [-0.25, -0.2) is 4.39 Å². The van der Waals surface area contributed by atoms with Crippen LogP contribution in [0.25, 0.3) is 0 Å². The Morgan fingerprint density at radius 3 is 2.30 bits per heavy atom. The van der Waals surface area contributed by atoms with Crippen LogP contribution in [-0.2, 0) is 0 Å². The van der Waals surface area contributed by atoms with E-state index < -0.39 is 12.2 Å². The van der Waals surface area contributed by atoms with Crippen molar-refractivity contribution in [2.45, 2.75) is 6.36 Å². The van der Waals surface area contributed by atoms with Gasteiger partial charge in [0.1, 0.15) is 11.6 Å². The molecule has 9 heteroatoms. The van der Waals surface area contributed by atoms with Crippen LogP contribution in [0.3, 0.4) is 0 Å². The van der Waals surface area contributed by atoms with Gasteiger partial charge in [-0.1, -0.05) is 0 Å². The van der Waals surface area contributed by atoms with Gasteiger partial charge in [0.15, 0.2) is 5.84 Å². The molecule has 2 rings (SSSR count). The lowest BCUT2D eigenvalue weighted by molar-refractivity contribution is -0.274. The number of rotatable bonds is 4. The Balaban J connectivity index is 2.05. The minimum Gasteiger partial charge on any atom is -0.406 e. The third kappa shape index (κ3) is 4.77. The maximum absolute atomic E-state index is 13.3. The van der Waals surface area contributed by atoms with Crippen LogP contribution in [-0.4, -0.2) is 12.2 Å². The van der Waals surface area contributed by atoms with Crippen LogP contribution in [0.1, 0.15) is 5.56 Å². The molecule has 23 heavy (non-hydrogen) atoms. The lowest BCUT2D eigenvalue weighted by Gasteiger charge is -2.09. The van der Waals surface area contributed by atoms with Crippen molar-refractivity contribution in [3.8, 4) is 5.75 Å². The number of nitrogen functional groups attached to an aromatic ring is 1. The third-order valence-corrected chi connectivity index (χ3v) is 2.69. The van der Waals surface area contributed by atoms with Gasteiger partial charge in [-0.05, 0) is 42.5 Å². The second kappa shape index (κ2) is 6.42. The standard InChI is InChI=1S/C14H12F4N4O/c15-11-7-8(1-6-12(11)19)13(20)22-21-9-2-4-10(5-3-9)23-14(16,17)18/h1-7,21H,19H2,(H2,20,22). The van der Waals surface area contributed by atoms with Crippen LogP contribution in [0.2, 0.25) is 0 Å². The van der Waals surface area contributed by atoms with E-state index in [4.69, 9.17) is 11.5 Å². The van der Waals surface area contributed by atoms with E-state index >= 15 is 0 Å². The Hall–Kier alpha value is -2.97.